The maximum atomic E-state index is 10.4. The maximum absolute atomic E-state index is 10.4. The minimum absolute atomic E-state index is 0.543. The molecule has 1 atom stereocenters. The smallest absolute Gasteiger partial charge is 0.149 e. The number of hydrogen-bond acceptors (Lipinski definition) is 5. The summed E-state index contributed by atoms with van der Waals surface area (Å²) >= 11 is 1.22. The highest BCUT2D eigenvalue weighted by Crippen LogP contribution is 2.31. The first-order valence-corrected chi connectivity index (χ1v) is 6.95. The molecule has 1 N–H and O–H groups in total. The predicted molar refractivity (Wildman–Crippen MR) is 74.3 cm³/mol. The van der Waals surface area contributed by atoms with E-state index >= 15 is 0 Å². The lowest BCUT2D eigenvalue weighted by Gasteiger charge is -2.05. The van der Waals surface area contributed by atoms with E-state index in [-0.39, 0.29) is 0 Å². The molecule has 3 rings (SSSR count). The fourth-order valence-electron chi connectivity index (χ4n) is 2.12. The van der Waals surface area contributed by atoms with E-state index in [0.29, 0.717) is 5.76 Å². The van der Waals surface area contributed by atoms with Crippen LogP contribution in [0.3, 0.4) is 0 Å². The molecule has 19 heavy (non-hydrogen) atoms. The molecule has 0 fully saturated rings. The highest BCUT2D eigenvalue weighted by Gasteiger charge is 2.21. The van der Waals surface area contributed by atoms with Gasteiger partial charge in [0.05, 0.1) is 10.6 Å². The third kappa shape index (κ3) is 2.15. The van der Waals surface area contributed by atoms with Gasteiger partial charge in [-0.1, -0.05) is 23.0 Å². The van der Waals surface area contributed by atoms with Gasteiger partial charge in [-0.3, -0.25) is 0 Å². The summed E-state index contributed by atoms with van der Waals surface area (Å²) in [4.78, 5) is 0.762. The minimum atomic E-state index is -0.789. The Kier molecular flexibility index (Phi) is 3.08. The number of fused-ring (bicyclic) bond motifs is 1. The molecular formula is C14H14N2O2S. The number of benzene rings is 1. The van der Waals surface area contributed by atoms with Crippen molar-refractivity contribution in [1.29, 1.82) is 0 Å². The van der Waals surface area contributed by atoms with E-state index in [4.69, 9.17) is 4.42 Å². The maximum Gasteiger partial charge on any atom is 0.149 e. The molecular weight excluding hydrogens is 260 g/mol. The fourth-order valence-corrected chi connectivity index (χ4v) is 2.85. The van der Waals surface area contributed by atoms with Gasteiger partial charge >= 0.3 is 0 Å². The van der Waals surface area contributed by atoms with E-state index in [1.165, 1.54) is 17.1 Å². The number of aromatic nitrogens is 2. The summed E-state index contributed by atoms with van der Waals surface area (Å²) in [5.41, 5.74) is 2.78. The third-order valence-corrected chi connectivity index (χ3v) is 3.95. The molecule has 3 aromatic rings. The molecule has 2 heterocycles. The molecule has 0 aliphatic heterocycles. The van der Waals surface area contributed by atoms with Crippen molar-refractivity contribution in [2.24, 2.45) is 0 Å². The average Bonchev–Trinajstić information content (AvgIpc) is 3.03. The molecule has 0 radical (unpaired) electrons. The first-order valence-electron chi connectivity index (χ1n) is 6.18. The van der Waals surface area contributed by atoms with E-state index in [2.05, 4.69) is 9.59 Å². The van der Waals surface area contributed by atoms with Gasteiger partial charge in [0.15, 0.2) is 0 Å². The van der Waals surface area contributed by atoms with Crippen molar-refractivity contribution in [2.45, 2.75) is 26.4 Å². The van der Waals surface area contributed by atoms with Gasteiger partial charge in [-0.25, -0.2) is 0 Å². The second-order valence-corrected chi connectivity index (χ2v) is 5.32. The summed E-state index contributed by atoms with van der Waals surface area (Å²) < 4.78 is 9.61. The molecule has 1 aromatic carbocycles. The Bertz CT molecular complexity index is 717. The quantitative estimate of drug-likeness (QED) is 0.796. The van der Waals surface area contributed by atoms with Crippen LogP contribution >= 0.6 is 11.5 Å². The van der Waals surface area contributed by atoms with Crippen LogP contribution in [0.15, 0.2) is 28.7 Å². The molecule has 0 amide bonds. The standard InChI is InChI=1S/C14H14N2O2S/c1-3-10-14(19-16-15-10)13(17)12-7-9-6-8(2)4-5-11(9)18-12/h4-7,13,17H,3H2,1-2H3. The van der Waals surface area contributed by atoms with Crippen molar-refractivity contribution in [2.75, 3.05) is 0 Å². The van der Waals surface area contributed by atoms with E-state index in [1.54, 1.807) is 0 Å². The van der Waals surface area contributed by atoms with E-state index in [9.17, 15) is 5.11 Å². The van der Waals surface area contributed by atoms with Gasteiger partial charge in [-0.2, -0.15) is 0 Å². The Morgan fingerprint density at radius 1 is 1.37 bits per heavy atom. The van der Waals surface area contributed by atoms with Crippen LogP contribution in [0, 0.1) is 6.92 Å². The SMILES string of the molecule is CCc1nnsc1C(O)c1cc2cc(C)ccc2o1. The first-order chi connectivity index (χ1) is 9.19. The van der Waals surface area contributed by atoms with Crippen molar-refractivity contribution >= 4 is 22.5 Å². The van der Waals surface area contributed by atoms with Gasteiger partial charge < -0.3 is 9.52 Å². The number of rotatable bonds is 3. The molecule has 4 nitrogen and oxygen atoms in total. The van der Waals surface area contributed by atoms with Crippen LogP contribution in [-0.2, 0) is 6.42 Å². The number of nitrogens with zero attached hydrogens (tertiary/aromatic N) is 2. The number of aliphatic hydroxyl groups is 1. The van der Waals surface area contributed by atoms with Crippen LogP contribution in [0.1, 0.15) is 34.9 Å². The second kappa shape index (κ2) is 4.75. The molecule has 0 bridgehead atoms. The molecule has 1 unspecified atom stereocenters. The normalized spacial score (nSPS) is 13.0. The molecule has 5 heteroatoms. The molecule has 2 aromatic heterocycles. The third-order valence-electron chi connectivity index (χ3n) is 3.13. The molecule has 0 spiro atoms. The topological polar surface area (TPSA) is 59.2 Å². The zero-order chi connectivity index (χ0) is 13.4. The van der Waals surface area contributed by atoms with Crippen LogP contribution in [-0.4, -0.2) is 14.7 Å². The lowest BCUT2D eigenvalue weighted by atomic mass is 10.1. The molecule has 0 saturated carbocycles. The average molecular weight is 274 g/mol. The van der Waals surface area contributed by atoms with Crippen LogP contribution in [0.4, 0.5) is 0 Å². The molecule has 0 aliphatic carbocycles. The van der Waals surface area contributed by atoms with Crippen LogP contribution in [0.25, 0.3) is 11.0 Å². The summed E-state index contributed by atoms with van der Waals surface area (Å²) in [5, 5.41) is 15.4. The summed E-state index contributed by atoms with van der Waals surface area (Å²) in [6, 6.07) is 7.84. The van der Waals surface area contributed by atoms with E-state index in [0.717, 1.165) is 28.0 Å². The van der Waals surface area contributed by atoms with Gasteiger partial charge in [-0.05, 0) is 43.1 Å². The Morgan fingerprint density at radius 2 is 2.21 bits per heavy atom. The molecule has 0 aliphatic rings. The Hall–Kier alpha value is -1.72. The Balaban J connectivity index is 2.04. The van der Waals surface area contributed by atoms with Gasteiger partial charge in [0, 0.05) is 5.39 Å². The summed E-state index contributed by atoms with van der Waals surface area (Å²) in [6.07, 6.45) is -0.0370. The van der Waals surface area contributed by atoms with Gasteiger partial charge in [0.2, 0.25) is 0 Å². The van der Waals surface area contributed by atoms with E-state index < -0.39 is 6.10 Å². The number of hydrogen-bond donors (Lipinski definition) is 1. The van der Waals surface area contributed by atoms with Crippen molar-refractivity contribution in [1.82, 2.24) is 9.59 Å². The minimum Gasteiger partial charge on any atom is -0.458 e. The van der Waals surface area contributed by atoms with Crippen LogP contribution in [0.5, 0.6) is 0 Å². The highest BCUT2D eigenvalue weighted by atomic mass is 32.1. The second-order valence-electron chi connectivity index (χ2n) is 4.53. The van der Waals surface area contributed by atoms with Crippen molar-refractivity contribution in [3.05, 3.63) is 46.2 Å². The van der Waals surface area contributed by atoms with Gasteiger partial charge in [0.1, 0.15) is 17.4 Å². The zero-order valence-corrected chi connectivity index (χ0v) is 11.6. The van der Waals surface area contributed by atoms with Gasteiger partial charge in [0.25, 0.3) is 0 Å². The van der Waals surface area contributed by atoms with E-state index in [1.807, 2.05) is 38.1 Å². The molecule has 98 valence electrons. The van der Waals surface area contributed by atoms with Crippen molar-refractivity contribution < 1.29 is 9.52 Å². The largest absolute Gasteiger partial charge is 0.458 e. The van der Waals surface area contributed by atoms with Crippen molar-refractivity contribution in [3.8, 4) is 0 Å². The van der Waals surface area contributed by atoms with Crippen LogP contribution < -0.4 is 0 Å². The zero-order valence-electron chi connectivity index (χ0n) is 10.8. The Labute approximate surface area is 114 Å². The fraction of sp³-hybridized carbons (Fsp3) is 0.286. The summed E-state index contributed by atoms with van der Waals surface area (Å²) in [7, 11) is 0. The first kappa shape index (κ1) is 12.3. The number of aryl methyl sites for hydroxylation is 2. The summed E-state index contributed by atoms with van der Waals surface area (Å²) in [5.74, 6) is 0.543. The lowest BCUT2D eigenvalue weighted by Crippen LogP contribution is -1.99. The van der Waals surface area contributed by atoms with Crippen molar-refractivity contribution in [3.63, 3.8) is 0 Å². The summed E-state index contributed by atoms with van der Waals surface area (Å²) in [6.45, 7) is 4.03. The Morgan fingerprint density at radius 3 is 3.00 bits per heavy atom. The highest BCUT2D eigenvalue weighted by molar-refractivity contribution is 7.05. The number of furan rings is 1. The monoisotopic (exact) mass is 274 g/mol. The van der Waals surface area contributed by atoms with Gasteiger partial charge in [-0.15, -0.1) is 5.10 Å². The molecule has 0 saturated heterocycles. The van der Waals surface area contributed by atoms with Crippen LogP contribution in [0.2, 0.25) is 0 Å². The predicted octanol–water partition coefficient (Wildman–Crippen LogP) is 3.24. The number of aliphatic hydroxyl groups excluding tert-OH is 1. The lowest BCUT2D eigenvalue weighted by molar-refractivity contribution is 0.194.